The summed E-state index contributed by atoms with van der Waals surface area (Å²) in [5.74, 6) is -0.350. The lowest BCUT2D eigenvalue weighted by Crippen LogP contribution is -2.48. The molecule has 154 valence electrons. The Morgan fingerprint density at radius 3 is 2.21 bits per heavy atom. The Morgan fingerprint density at radius 1 is 1.07 bits per heavy atom. The summed E-state index contributed by atoms with van der Waals surface area (Å²) in [5, 5.41) is 13.7. The molecule has 1 heterocycles. The van der Waals surface area contributed by atoms with Crippen molar-refractivity contribution in [2.45, 2.75) is 6.92 Å². The molecular weight excluding hydrogens is 396 g/mol. The third-order valence-electron chi connectivity index (χ3n) is 4.85. The molecule has 1 amide bonds. The Kier molecular flexibility index (Phi) is 5.85. The summed E-state index contributed by atoms with van der Waals surface area (Å²) in [6.45, 7) is 3.67. The fourth-order valence-corrected chi connectivity index (χ4v) is 4.06. The fraction of sp³-hybridized carbons (Fsp3) is 0.316. The second-order valence-corrected chi connectivity index (χ2v) is 8.89. The average Bonchev–Trinajstić information content (AvgIpc) is 2.67. The monoisotopic (exact) mass is 418 g/mol. The predicted molar refractivity (Wildman–Crippen MR) is 111 cm³/mol. The third kappa shape index (κ3) is 4.90. The molecule has 29 heavy (non-hydrogen) atoms. The number of hydrogen-bond donors (Lipinski definition) is 1. The van der Waals surface area contributed by atoms with E-state index >= 15 is 0 Å². The Labute approximate surface area is 169 Å². The van der Waals surface area contributed by atoms with Gasteiger partial charge in [-0.2, -0.15) is 4.31 Å². The van der Waals surface area contributed by atoms with Crippen LogP contribution in [-0.2, 0) is 10.0 Å². The minimum Gasteiger partial charge on any atom is -0.369 e. The zero-order valence-electron chi connectivity index (χ0n) is 16.2. The minimum absolute atomic E-state index is 0.0260. The number of nitrogens with one attached hydrogen (secondary N) is 1. The molecule has 0 aliphatic carbocycles. The van der Waals surface area contributed by atoms with Crippen molar-refractivity contribution < 1.29 is 18.1 Å². The molecule has 0 spiro atoms. The van der Waals surface area contributed by atoms with Gasteiger partial charge in [0.1, 0.15) is 0 Å². The van der Waals surface area contributed by atoms with Crippen LogP contribution < -0.4 is 10.2 Å². The highest BCUT2D eigenvalue weighted by molar-refractivity contribution is 7.88. The van der Waals surface area contributed by atoms with E-state index in [2.05, 4.69) is 10.2 Å². The summed E-state index contributed by atoms with van der Waals surface area (Å²) in [4.78, 5) is 24.9. The van der Waals surface area contributed by atoms with Crippen LogP contribution in [0.4, 0.5) is 17.1 Å². The molecule has 0 radical (unpaired) electrons. The Hall–Kier alpha value is -2.98. The zero-order valence-corrected chi connectivity index (χ0v) is 17.0. The number of anilines is 2. The van der Waals surface area contributed by atoms with Crippen LogP contribution in [0.3, 0.4) is 0 Å². The SMILES string of the molecule is Cc1cc(C(=O)Nc2ccc(N3CCN(S(C)(=O)=O)CC3)cc2)ccc1[N+](=O)[O-]. The van der Waals surface area contributed by atoms with Gasteiger partial charge in [0.15, 0.2) is 0 Å². The number of carbonyl (C=O) groups excluding carboxylic acids is 1. The summed E-state index contributed by atoms with van der Waals surface area (Å²) in [5.41, 5.74) is 2.29. The van der Waals surface area contributed by atoms with Gasteiger partial charge in [0.05, 0.1) is 11.2 Å². The molecule has 0 bridgehead atoms. The maximum Gasteiger partial charge on any atom is 0.272 e. The molecule has 0 atom stereocenters. The number of rotatable bonds is 5. The second kappa shape index (κ2) is 8.18. The smallest absolute Gasteiger partial charge is 0.272 e. The highest BCUT2D eigenvalue weighted by Gasteiger charge is 2.23. The summed E-state index contributed by atoms with van der Waals surface area (Å²) >= 11 is 0. The van der Waals surface area contributed by atoms with Crippen molar-refractivity contribution in [2.24, 2.45) is 0 Å². The van der Waals surface area contributed by atoms with Gasteiger partial charge in [-0.25, -0.2) is 8.42 Å². The van der Waals surface area contributed by atoms with Crippen molar-refractivity contribution in [1.82, 2.24) is 4.31 Å². The van der Waals surface area contributed by atoms with Gasteiger partial charge >= 0.3 is 0 Å². The standard InChI is InChI=1S/C19H22N4O5S/c1-14-13-15(3-8-18(14)23(25)26)19(24)20-16-4-6-17(7-5-16)21-9-11-22(12-10-21)29(2,27)28/h3-8,13H,9-12H2,1-2H3,(H,20,24). The molecule has 0 unspecified atom stereocenters. The van der Waals surface area contributed by atoms with Gasteiger partial charge in [-0.1, -0.05) is 0 Å². The number of nitro groups is 1. The van der Waals surface area contributed by atoms with Crippen molar-refractivity contribution in [3.05, 3.63) is 63.7 Å². The number of amides is 1. The van der Waals surface area contributed by atoms with Gasteiger partial charge in [-0.15, -0.1) is 0 Å². The molecule has 1 N–H and O–H groups in total. The second-order valence-electron chi connectivity index (χ2n) is 6.91. The predicted octanol–water partition coefficient (Wildman–Crippen LogP) is 2.24. The van der Waals surface area contributed by atoms with E-state index in [9.17, 15) is 23.3 Å². The Morgan fingerprint density at radius 2 is 1.69 bits per heavy atom. The highest BCUT2D eigenvalue weighted by atomic mass is 32.2. The molecule has 9 nitrogen and oxygen atoms in total. The number of piperazine rings is 1. The average molecular weight is 418 g/mol. The number of sulfonamides is 1. The van der Waals surface area contributed by atoms with Crippen LogP contribution in [-0.4, -0.2) is 56.0 Å². The molecule has 0 aromatic heterocycles. The van der Waals surface area contributed by atoms with Gasteiger partial charge < -0.3 is 10.2 Å². The lowest BCUT2D eigenvalue weighted by Gasteiger charge is -2.34. The third-order valence-corrected chi connectivity index (χ3v) is 6.16. The first kappa shape index (κ1) is 20.7. The largest absolute Gasteiger partial charge is 0.369 e. The van der Waals surface area contributed by atoms with Crippen LogP contribution in [0.2, 0.25) is 0 Å². The van der Waals surface area contributed by atoms with Crippen LogP contribution in [0.5, 0.6) is 0 Å². The number of hydrogen-bond acceptors (Lipinski definition) is 6. The maximum atomic E-state index is 12.4. The maximum absolute atomic E-state index is 12.4. The van der Waals surface area contributed by atoms with Gasteiger partial charge in [0.25, 0.3) is 11.6 Å². The summed E-state index contributed by atoms with van der Waals surface area (Å²) in [6.07, 6.45) is 1.21. The van der Waals surface area contributed by atoms with Gasteiger partial charge in [-0.3, -0.25) is 14.9 Å². The molecule has 2 aromatic carbocycles. The van der Waals surface area contributed by atoms with Crippen LogP contribution in [0.15, 0.2) is 42.5 Å². The first-order valence-corrected chi connectivity index (χ1v) is 10.9. The topological polar surface area (TPSA) is 113 Å². The quantitative estimate of drug-likeness (QED) is 0.589. The van der Waals surface area contributed by atoms with Crippen molar-refractivity contribution in [3.63, 3.8) is 0 Å². The highest BCUT2D eigenvalue weighted by Crippen LogP contribution is 2.22. The summed E-state index contributed by atoms with van der Waals surface area (Å²) in [7, 11) is -3.17. The van der Waals surface area contributed by atoms with Crippen molar-refractivity contribution in [2.75, 3.05) is 42.7 Å². The van der Waals surface area contributed by atoms with Crippen LogP contribution in [0, 0.1) is 17.0 Å². The summed E-state index contributed by atoms with van der Waals surface area (Å²) in [6, 6.07) is 11.5. The van der Waals surface area contributed by atoms with Crippen LogP contribution in [0.1, 0.15) is 15.9 Å². The summed E-state index contributed by atoms with van der Waals surface area (Å²) < 4.78 is 24.7. The van der Waals surface area contributed by atoms with Crippen LogP contribution in [0.25, 0.3) is 0 Å². The molecule has 1 aliphatic heterocycles. The molecule has 3 rings (SSSR count). The van der Waals surface area contributed by atoms with Crippen molar-refractivity contribution >= 4 is 33.0 Å². The minimum atomic E-state index is -3.17. The van der Waals surface area contributed by atoms with Gasteiger partial charge in [0, 0.05) is 54.7 Å². The van der Waals surface area contributed by atoms with E-state index in [-0.39, 0.29) is 11.6 Å². The molecular formula is C19H22N4O5S. The molecule has 10 heteroatoms. The molecule has 0 saturated carbocycles. The number of nitro benzene ring substituents is 1. The van der Waals surface area contributed by atoms with Gasteiger partial charge in [0.2, 0.25) is 10.0 Å². The van der Waals surface area contributed by atoms with Crippen LogP contribution >= 0.6 is 0 Å². The number of nitrogens with zero attached hydrogens (tertiary/aromatic N) is 3. The van der Waals surface area contributed by atoms with E-state index in [0.717, 1.165) is 5.69 Å². The Balaban J connectivity index is 1.63. The normalized spacial score (nSPS) is 15.2. The van der Waals surface area contributed by atoms with Crippen molar-refractivity contribution in [1.29, 1.82) is 0 Å². The lowest BCUT2D eigenvalue weighted by molar-refractivity contribution is -0.385. The molecule has 1 aliphatic rings. The van der Waals surface area contributed by atoms with E-state index in [4.69, 9.17) is 0 Å². The van der Waals surface area contributed by atoms with E-state index in [1.54, 1.807) is 19.1 Å². The van der Waals surface area contributed by atoms with E-state index in [0.29, 0.717) is 43.0 Å². The Bertz CT molecular complexity index is 1030. The molecule has 1 saturated heterocycles. The first-order chi connectivity index (χ1) is 13.6. The lowest BCUT2D eigenvalue weighted by atomic mass is 10.1. The molecule has 2 aromatic rings. The number of aryl methyl sites for hydroxylation is 1. The number of benzene rings is 2. The number of carbonyl (C=O) groups is 1. The van der Waals surface area contributed by atoms with Crippen molar-refractivity contribution in [3.8, 4) is 0 Å². The van der Waals surface area contributed by atoms with E-state index in [1.807, 2.05) is 12.1 Å². The van der Waals surface area contributed by atoms with E-state index < -0.39 is 14.9 Å². The fourth-order valence-electron chi connectivity index (χ4n) is 3.24. The van der Waals surface area contributed by atoms with E-state index in [1.165, 1.54) is 28.8 Å². The van der Waals surface area contributed by atoms with Gasteiger partial charge in [-0.05, 0) is 43.3 Å². The molecule has 1 fully saturated rings. The first-order valence-electron chi connectivity index (χ1n) is 9.01. The zero-order chi connectivity index (χ0) is 21.2.